The summed E-state index contributed by atoms with van der Waals surface area (Å²) in [5.74, 6) is -1.78. The standard InChI is InChI=1S/C11H2Cl5F2N/c12-6-5(7(13)9(15)10(16)8(6)14)11-4(18)1-3(17)2-19-11/h1-2H. The fourth-order valence-electron chi connectivity index (χ4n) is 1.41. The molecular weight excluding hydrogens is 361 g/mol. The van der Waals surface area contributed by atoms with Crippen LogP contribution in [0.3, 0.4) is 0 Å². The summed E-state index contributed by atoms with van der Waals surface area (Å²) in [7, 11) is 0. The Bertz CT molecular complexity index is 646. The predicted molar refractivity (Wildman–Crippen MR) is 74.6 cm³/mol. The monoisotopic (exact) mass is 361 g/mol. The van der Waals surface area contributed by atoms with Gasteiger partial charge in [-0.2, -0.15) is 0 Å². The third-order valence-electron chi connectivity index (χ3n) is 2.25. The van der Waals surface area contributed by atoms with Crippen LogP contribution in [0.1, 0.15) is 0 Å². The number of benzene rings is 1. The zero-order valence-corrected chi connectivity index (χ0v) is 12.5. The molecule has 100 valence electrons. The summed E-state index contributed by atoms with van der Waals surface area (Å²) >= 11 is 29.5. The molecule has 1 nitrogen and oxygen atoms in total. The van der Waals surface area contributed by atoms with E-state index in [9.17, 15) is 8.78 Å². The molecule has 0 aliphatic heterocycles. The SMILES string of the molecule is Fc1cnc(-c2c(Cl)c(Cl)c(Cl)c(Cl)c2Cl)c(F)c1. The second-order valence-corrected chi connectivity index (χ2v) is 5.32. The zero-order chi connectivity index (χ0) is 14.3. The molecule has 0 unspecified atom stereocenters. The molecule has 0 saturated carbocycles. The van der Waals surface area contributed by atoms with Crippen molar-refractivity contribution in [3.8, 4) is 11.3 Å². The molecule has 8 heteroatoms. The number of rotatable bonds is 1. The van der Waals surface area contributed by atoms with Gasteiger partial charge in [0.15, 0.2) is 5.82 Å². The maximum atomic E-state index is 13.7. The average Bonchev–Trinajstić information content (AvgIpc) is 2.37. The molecule has 0 aliphatic carbocycles. The topological polar surface area (TPSA) is 12.9 Å². The van der Waals surface area contributed by atoms with Crippen molar-refractivity contribution in [2.24, 2.45) is 0 Å². The van der Waals surface area contributed by atoms with Crippen LogP contribution in [-0.4, -0.2) is 4.98 Å². The Morgan fingerprint density at radius 1 is 0.789 bits per heavy atom. The van der Waals surface area contributed by atoms with E-state index in [1.807, 2.05) is 0 Å². The number of pyridine rings is 1. The van der Waals surface area contributed by atoms with Crippen molar-refractivity contribution in [3.05, 3.63) is 49.0 Å². The average molecular weight is 363 g/mol. The number of halogens is 7. The van der Waals surface area contributed by atoms with Gasteiger partial charge in [0.25, 0.3) is 0 Å². The highest BCUT2D eigenvalue weighted by molar-refractivity contribution is 6.56. The van der Waals surface area contributed by atoms with E-state index in [0.717, 1.165) is 6.20 Å². The predicted octanol–water partition coefficient (Wildman–Crippen LogP) is 6.29. The third-order valence-corrected chi connectivity index (χ3v) is 4.53. The van der Waals surface area contributed by atoms with Gasteiger partial charge < -0.3 is 0 Å². The Morgan fingerprint density at radius 3 is 1.74 bits per heavy atom. The van der Waals surface area contributed by atoms with Gasteiger partial charge in [-0.1, -0.05) is 58.0 Å². The molecule has 0 atom stereocenters. The Kier molecular flexibility index (Phi) is 4.43. The first-order chi connectivity index (χ1) is 8.84. The lowest BCUT2D eigenvalue weighted by molar-refractivity contribution is 0.576. The molecule has 0 saturated heterocycles. The van der Waals surface area contributed by atoms with Gasteiger partial charge >= 0.3 is 0 Å². The van der Waals surface area contributed by atoms with E-state index in [4.69, 9.17) is 58.0 Å². The van der Waals surface area contributed by atoms with Gasteiger partial charge in [0.05, 0.1) is 31.3 Å². The van der Waals surface area contributed by atoms with Crippen LogP contribution in [0.15, 0.2) is 12.3 Å². The van der Waals surface area contributed by atoms with Crippen molar-refractivity contribution < 1.29 is 8.78 Å². The van der Waals surface area contributed by atoms with Crippen molar-refractivity contribution in [1.29, 1.82) is 0 Å². The first-order valence-corrected chi connectivity index (χ1v) is 6.56. The van der Waals surface area contributed by atoms with Gasteiger partial charge in [0, 0.05) is 11.6 Å². The van der Waals surface area contributed by atoms with E-state index in [0.29, 0.717) is 6.07 Å². The van der Waals surface area contributed by atoms with Crippen LogP contribution < -0.4 is 0 Å². The first-order valence-electron chi connectivity index (χ1n) is 4.67. The van der Waals surface area contributed by atoms with Crippen LogP contribution in [-0.2, 0) is 0 Å². The Morgan fingerprint density at radius 2 is 1.26 bits per heavy atom. The van der Waals surface area contributed by atoms with Crippen LogP contribution in [0.4, 0.5) is 8.78 Å². The number of aromatic nitrogens is 1. The van der Waals surface area contributed by atoms with E-state index in [-0.39, 0.29) is 36.4 Å². The van der Waals surface area contributed by atoms with E-state index >= 15 is 0 Å². The molecule has 0 fully saturated rings. The molecule has 2 rings (SSSR count). The normalized spacial score (nSPS) is 10.9. The Labute approximate surface area is 132 Å². The Balaban J connectivity index is 2.83. The van der Waals surface area contributed by atoms with Crippen LogP contribution in [0.2, 0.25) is 25.1 Å². The minimum Gasteiger partial charge on any atom is -0.250 e. The highest BCUT2D eigenvalue weighted by Gasteiger charge is 2.23. The molecule has 0 radical (unpaired) electrons. The Hall–Kier alpha value is -0.320. The summed E-state index contributed by atoms with van der Waals surface area (Å²) in [6.07, 6.45) is 0.821. The largest absolute Gasteiger partial charge is 0.250 e. The highest BCUT2D eigenvalue weighted by Crippen LogP contribution is 2.48. The van der Waals surface area contributed by atoms with Crippen molar-refractivity contribution in [2.45, 2.75) is 0 Å². The molecule has 0 N–H and O–H groups in total. The van der Waals surface area contributed by atoms with Crippen LogP contribution in [0.25, 0.3) is 11.3 Å². The summed E-state index contributed by atoms with van der Waals surface area (Å²) < 4.78 is 26.6. The van der Waals surface area contributed by atoms with Crippen LogP contribution in [0.5, 0.6) is 0 Å². The summed E-state index contributed by atoms with van der Waals surface area (Å²) in [5, 5.41) is -0.445. The van der Waals surface area contributed by atoms with E-state index < -0.39 is 11.6 Å². The van der Waals surface area contributed by atoms with Crippen molar-refractivity contribution in [2.75, 3.05) is 0 Å². The van der Waals surface area contributed by atoms with Gasteiger partial charge in [0.1, 0.15) is 11.5 Å². The van der Waals surface area contributed by atoms with E-state index in [1.165, 1.54) is 0 Å². The maximum Gasteiger partial charge on any atom is 0.152 e. The molecule has 0 amide bonds. The van der Waals surface area contributed by atoms with Gasteiger partial charge in [-0.3, -0.25) is 0 Å². The third kappa shape index (κ3) is 2.63. The minimum absolute atomic E-state index is 0.0415. The first kappa shape index (κ1) is 15.1. The second-order valence-electron chi connectivity index (χ2n) is 3.43. The summed E-state index contributed by atoms with van der Waals surface area (Å²) in [6.45, 7) is 0. The lowest BCUT2D eigenvalue weighted by Crippen LogP contribution is -1.94. The second kappa shape index (κ2) is 5.58. The van der Waals surface area contributed by atoms with Gasteiger partial charge in [0.2, 0.25) is 0 Å². The molecule has 19 heavy (non-hydrogen) atoms. The van der Waals surface area contributed by atoms with Gasteiger partial charge in [-0.05, 0) is 0 Å². The van der Waals surface area contributed by atoms with Crippen molar-refractivity contribution in [3.63, 3.8) is 0 Å². The van der Waals surface area contributed by atoms with E-state index in [2.05, 4.69) is 4.98 Å². The lowest BCUT2D eigenvalue weighted by Gasteiger charge is -2.12. The molecule has 0 bridgehead atoms. The molecule has 1 aromatic carbocycles. The van der Waals surface area contributed by atoms with E-state index in [1.54, 1.807) is 0 Å². The summed E-state index contributed by atoms with van der Waals surface area (Å²) in [6, 6.07) is 0.644. The number of hydrogen-bond donors (Lipinski definition) is 0. The fraction of sp³-hybridized carbons (Fsp3) is 0. The van der Waals surface area contributed by atoms with Crippen LogP contribution >= 0.6 is 58.0 Å². The molecule has 2 aromatic rings. The highest BCUT2D eigenvalue weighted by atomic mass is 35.5. The fourth-order valence-corrected chi connectivity index (χ4v) is 2.73. The lowest BCUT2D eigenvalue weighted by atomic mass is 10.1. The quantitative estimate of drug-likeness (QED) is 0.428. The van der Waals surface area contributed by atoms with Crippen molar-refractivity contribution in [1.82, 2.24) is 4.98 Å². The molecule has 1 aromatic heterocycles. The molecule has 0 aliphatic rings. The zero-order valence-electron chi connectivity index (χ0n) is 8.75. The molecule has 1 heterocycles. The molecule has 0 spiro atoms. The van der Waals surface area contributed by atoms with Crippen LogP contribution in [0, 0.1) is 11.6 Å². The number of hydrogen-bond acceptors (Lipinski definition) is 1. The molecular formula is C11H2Cl5F2N. The minimum atomic E-state index is -0.946. The van der Waals surface area contributed by atoms with Gasteiger partial charge in [-0.15, -0.1) is 0 Å². The maximum absolute atomic E-state index is 13.7. The van der Waals surface area contributed by atoms with Crippen molar-refractivity contribution >= 4 is 58.0 Å². The summed E-state index contributed by atoms with van der Waals surface area (Å²) in [4.78, 5) is 3.60. The van der Waals surface area contributed by atoms with Gasteiger partial charge in [-0.25, -0.2) is 13.8 Å². The number of nitrogens with zero attached hydrogens (tertiary/aromatic N) is 1. The summed E-state index contributed by atoms with van der Waals surface area (Å²) in [5.41, 5.74) is -0.308. The smallest absolute Gasteiger partial charge is 0.152 e.